The highest BCUT2D eigenvalue weighted by Crippen LogP contribution is 2.24. The fourth-order valence-electron chi connectivity index (χ4n) is 2.44. The summed E-state index contributed by atoms with van der Waals surface area (Å²) in [6.07, 6.45) is 1.69. The second-order valence-electron chi connectivity index (χ2n) is 4.90. The van der Waals surface area contributed by atoms with Crippen LogP contribution in [0.2, 0.25) is 0 Å². The third-order valence-electron chi connectivity index (χ3n) is 3.63. The lowest BCUT2D eigenvalue weighted by Gasteiger charge is -2.17. The number of hydrogen-bond donors (Lipinski definition) is 0. The van der Waals surface area contributed by atoms with Gasteiger partial charge >= 0.3 is 0 Å². The average Bonchev–Trinajstić information content (AvgIpc) is 2.79. The Bertz CT molecular complexity index is 519. The van der Waals surface area contributed by atoms with E-state index in [1.807, 2.05) is 11.0 Å². The van der Waals surface area contributed by atoms with Crippen LogP contribution >= 0.6 is 0 Å². The van der Waals surface area contributed by atoms with Crippen molar-refractivity contribution in [2.24, 2.45) is 5.92 Å². The van der Waals surface area contributed by atoms with Gasteiger partial charge in [-0.15, -0.1) is 0 Å². The van der Waals surface area contributed by atoms with Gasteiger partial charge in [-0.25, -0.2) is 0 Å². The van der Waals surface area contributed by atoms with Crippen molar-refractivity contribution in [1.82, 2.24) is 4.90 Å². The second-order valence-corrected chi connectivity index (χ2v) is 4.90. The molecular formula is C15H18N2O2. The van der Waals surface area contributed by atoms with Crippen LogP contribution in [0.4, 0.5) is 0 Å². The highest BCUT2D eigenvalue weighted by molar-refractivity contribution is 5.78. The van der Waals surface area contributed by atoms with Crippen LogP contribution < -0.4 is 4.74 Å². The third-order valence-corrected chi connectivity index (χ3v) is 3.63. The first-order valence-corrected chi connectivity index (χ1v) is 6.52. The Labute approximate surface area is 113 Å². The van der Waals surface area contributed by atoms with Gasteiger partial charge in [-0.2, -0.15) is 5.26 Å². The van der Waals surface area contributed by atoms with E-state index in [9.17, 15) is 4.79 Å². The van der Waals surface area contributed by atoms with Gasteiger partial charge in [0.15, 0.2) is 0 Å². The quantitative estimate of drug-likeness (QED) is 0.832. The van der Waals surface area contributed by atoms with E-state index in [4.69, 9.17) is 10.00 Å². The standard InChI is InChI=1S/C15H18N2O2/c1-3-11-7-15(18)17(9-11)10-12-4-5-14(19-2)13(6-12)8-16/h4-6,11H,3,7,9-10H2,1-2H3. The van der Waals surface area contributed by atoms with E-state index in [-0.39, 0.29) is 5.91 Å². The van der Waals surface area contributed by atoms with Gasteiger partial charge in [-0.3, -0.25) is 4.79 Å². The molecule has 1 atom stereocenters. The van der Waals surface area contributed by atoms with Gasteiger partial charge in [0.05, 0.1) is 12.7 Å². The minimum absolute atomic E-state index is 0.209. The summed E-state index contributed by atoms with van der Waals surface area (Å²) in [6.45, 7) is 3.51. The zero-order valence-corrected chi connectivity index (χ0v) is 11.3. The van der Waals surface area contributed by atoms with Crippen molar-refractivity contribution < 1.29 is 9.53 Å². The first-order chi connectivity index (χ1) is 9.17. The van der Waals surface area contributed by atoms with Gasteiger partial charge in [-0.1, -0.05) is 19.4 Å². The molecule has 1 aromatic rings. The fraction of sp³-hybridized carbons (Fsp3) is 0.467. The first kappa shape index (κ1) is 13.4. The Morgan fingerprint density at radius 3 is 2.89 bits per heavy atom. The van der Waals surface area contributed by atoms with E-state index in [1.54, 1.807) is 19.2 Å². The second kappa shape index (κ2) is 5.75. The maximum atomic E-state index is 11.9. The third kappa shape index (κ3) is 2.87. The van der Waals surface area contributed by atoms with E-state index in [1.165, 1.54) is 0 Å². The van der Waals surface area contributed by atoms with Crippen molar-refractivity contribution in [2.75, 3.05) is 13.7 Å². The topological polar surface area (TPSA) is 53.3 Å². The number of ether oxygens (including phenoxy) is 1. The lowest BCUT2D eigenvalue weighted by atomic mass is 10.1. The van der Waals surface area contributed by atoms with Crippen LogP contribution in [0.5, 0.6) is 5.75 Å². The van der Waals surface area contributed by atoms with E-state index >= 15 is 0 Å². The number of hydrogen-bond acceptors (Lipinski definition) is 3. The van der Waals surface area contributed by atoms with Crippen molar-refractivity contribution in [3.05, 3.63) is 29.3 Å². The molecule has 1 amide bonds. The molecule has 0 aliphatic carbocycles. The van der Waals surface area contributed by atoms with Gasteiger partial charge in [0.2, 0.25) is 5.91 Å². The Balaban J connectivity index is 2.12. The number of carbonyl (C=O) groups is 1. The molecule has 100 valence electrons. The molecule has 1 aliphatic rings. The molecule has 0 aromatic heterocycles. The van der Waals surface area contributed by atoms with Crippen LogP contribution in [0, 0.1) is 17.2 Å². The number of nitrogens with zero attached hydrogens (tertiary/aromatic N) is 2. The summed E-state index contributed by atoms with van der Waals surface area (Å²) in [7, 11) is 1.55. The number of carbonyl (C=O) groups excluding carboxylic acids is 1. The van der Waals surface area contributed by atoms with Crippen LogP contribution in [-0.4, -0.2) is 24.5 Å². The highest BCUT2D eigenvalue weighted by Gasteiger charge is 2.28. The van der Waals surface area contributed by atoms with E-state index in [0.717, 1.165) is 18.5 Å². The summed E-state index contributed by atoms with van der Waals surface area (Å²) in [4.78, 5) is 13.7. The molecule has 0 spiro atoms. The molecule has 1 fully saturated rings. The summed E-state index contributed by atoms with van der Waals surface area (Å²) in [5.74, 6) is 1.26. The Morgan fingerprint density at radius 1 is 1.53 bits per heavy atom. The normalized spacial score (nSPS) is 18.5. The molecule has 1 heterocycles. The summed E-state index contributed by atoms with van der Waals surface area (Å²) in [5.41, 5.74) is 1.49. The average molecular weight is 258 g/mol. The monoisotopic (exact) mass is 258 g/mol. The van der Waals surface area contributed by atoms with Gasteiger partial charge in [0.25, 0.3) is 0 Å². The van der Waals surface area contributed by atoms with Crippen molar-refractivity contribution >= 4 is 5.91 Å². The molecule has 1 unspecified atom stereocenters. The maximum absolute atomic E-state index is 11.9. The molecule has 1 aromatic carbocycles. The molecule has 0 bridgehead atoms. The number of likely N-dealkylation sites (tertiary alicyclic amines) is 1. The van der Waals surface area contributed by atoms with Crippen LogP contribution in [0.25, 0.3) is 0 Å². The molecule has 1 aliphatic heterocycles. The molecular weight excluding hydrogens is 240 g/mol. The summed E-state index contributed by atoms with van der Waals surface area (Å²) in [5, 5.41) is 9.06. The zero-order chi connectivity index (χ0) is 13.8. The molecule has 4 heteroatoms. The predicted octanol–water partition coefficient (Wildman–Crippen LogP) is 2.33. The van der Waals surface area contributed by atoms with Crippen LogP contribution in [0.15, 0.2) is 18.2 Å². The van der Waals surface area contributed by atoms with Crippen molar-refractivity contribution in [2.45, 2.75) is 26.3 Å². The van der Waals surface area contributed by atoms with Gasteiger partial charge in [0.1, 0.15) is 11.8 Å². The number of methoxy groups -OCH3 is 1. The minimum atomic E-state index is 0.209. The molecule has 4 nitrogen and oxygen atoms in total. The number of nitriles is 1. The first-order valence-electron chi connectivity index (χ1n) is 6.52. The minimum Gasteiger partial charge on any atom is -0.495 e. The SMILES string of the molecule is CCC1CC(=O)N(Cc2ccc(OC)c(C#N)c2)C1. The summed E-state index contributed by atoms with van der Waals surface area (Å²) in [6, 6.07) is 7.60. The Morgan fingerprint density at radius 2 is 2.32 bits per heavy atom. The zero-order valence-electron chi connectivity index (χ0n) is 11.3. The Kier molecular flexibility index (Phi) is 4.06. The fourth-order valence-corrected chi connectivity index (χ4v) is 2.44. The molecule has 2 rings (SSSR count). The molecule has 19 heavy (non-hydrogen) atoms. The van der Waals surface area contributed by atoms with E-state index < -0.39 is 0 Å². The Hall–Kier alpha value is -2.02. The van der Waals surface area contributed by atoms with Gasteiger partial charge in [-0.05, 0) is 23.6 Å². The summed E-state index contributed by atoms with van der Waals surface area (Å²) < 4.78 is 5.11. The maximum Gasteiger partial charge on any atom is 0.223 e. The molecule has 1 saturated heterocycles. The lowest BCUT2D eigenvalue weighted by molar-refractivity contribution is -0.128. The predicted molar refractivity (Wildman–Crippen MR) is 71.5 cm³/mol. The highest BCUT2D eigenvalue weighted by atomic mass is 16.5. The molecule has 0 saturated carbocycles. The van der Waals surface area contributed by atoms with E-state index in [0.29, 0.717) is 30.2 Å². The van der Waals surface area contributed by atoms with Crippen LogP contribution in [-0.2, 0) is 11.3 Å². The number of rotatable bonds is 4. The van der Waals surface area contributed by atoms with Gasteiger partial charge in [0, 0.05) is 19.5 Å². The number of benzene rings is 1. The van der Waals surface area contributed by atoms with Crippen molar-refractivity contribution in [3.8, 4) is 11.8 Å². The van der Waals surface area contributed by atoms with Crippen LogP contribution in [0.1, 0.15) is 30.9 Å². The van der Waals surface area contributed by atoms with Gasteiger partial charge < -0.3 is 9.64 Å². The molecule has 0 radical (unpaired) electrons. The number of amides is 1. The largest absolute Gasteiger partial charge is 0.495 e. The lowest BCUT2D eigenvalue weighted by Crippen LogP contribution is -2.24. The summed E-state index contributed by atoms with van der Waals surface area (Å²) >= 11 is 0. The molecule has 0 N–H and O–H groups in total. The smallest absolute Gasteiger partial charge is 0.223 e. The van der Waals surface area contributed by atoms with Crippen molar-refractivity contribution in [3.63, 3.8) is 0 Å². The van der Waals surface area contributed by atoms with Crippen LogP contribution in [0.3, 0.4) is 0 Å². The van der Waals surface area contributed by atoms with Crippen molar-refractivity contribution in [1.29, 1.82) is 5.26 Å². The van der Waals surface area contributed by atoms with E-state index in [2.05, 4.69) is 13.0 Å².